The maximum atomic E-state index is 10.8. The van der Waals surface area contributed by atoms with Crippen molar-refractivity contribution in [1.29, 1.82) is 0 Å². The number of carbonyl (C=O) groups is 1. The van der Waals surface area contributed by atoms with Crippen LogP contribution in [0.1, 0.15) is 46.6 Å². The van der Waals surface area contributed by atoms with Crippen molar-refractivity contribution >= 4 is 23.7 Å². The fourth-order valence-corrected chi connectivity index (χ4v) is 3.54. The van der Waals surface area contributed by atoms with Crippen LogP contribution in [0.2, 0.25) is 0 Å². The van der Waals surface area contributed by atoms with Crippen molar-refractivity contribution in [2.24, 2.45) is 5.41 Å². The van der Waals surface area contributed by atoms with E-state index >= 15 is 0 Å². The Bertz CT molecular complexity index is 513. The Morgan fingerprint density at radius 3 is 2.71 bits per heavy atom. The average Bonchev–Trinajstić information content (AvgIpc) is 2.79. The lowest BCUT2D eigenvalue weighted by Gasteiger charge is -2.38. The zero-order valence-electron chi connectivity index (χ0n) is 13.2. The molecule has 0 radical (unpaired) electrons. The van der Waals surface area contributed by atoms with E-state index in [-0.39, 0.29) is 17.2 Å². The lowest BCUT2D eigenvalue weighted by molar-refractivity contribution is -0.133. The maximum absolute atomic E-state index is 10.8. The minimum absolute atomic E-state index is 0.0103. The summed E-state index contributed by atoms with van der Waals surface area (Å²) in [6, 6.07) is 0.205. The number of hydrogen-bond acceptors (Lipinski definition) is 5. The van der Waals surface area contributed by atoms with Crippen molar-refractivity contribution < 1.29 is 9.90 Å². The molecule has 0 aromatic carbocycles. The number of thioether (sulfide) groups is 1. The molecule has 1 aliphatic heterocycles. The molecule has 0 amide bonds. The van der Waals surface area contributed by atoms with E-state index in [0.29, 0.717) is 5.16 Å². The fraction of sp³-hybridized carbons (Fsp3) is 0.786. The van der Waals surface area contributed by atoms with E-state index < -0.39 is 5.97 Å². The van der Waals surface area contributed by atoms with Crippen LogP contribution in [-0.4, -0.2) is 44.7 Å². The van der Waals surface area contributed by atoms with Gasteiger partial charge in [-0.05, 0) is 32.1 Å². The number of rotatable bonds is 5. The summed E-state index contributed by atoms with van der Waals surface area (Å²) in [5.74, 6) is 0.0423. The molecule has 21 heavy (non-hydrogen) atoms. The zero-order chi connectivity index (χ0) is 15.6. The largest absolute Gasteiger partial charge is 0.481 e. The molecule has 118 valence electrons. The van der Waals surface area contributed by atoms with E-state index in [2.05, 4.69) is 47.4 Å². The summed E-state index contributed by atoms with van der Waals surface area (Å²) in [4.78, 5) is 13.0. The van der Waals surface area contributed by atoms with Crippen molar-refractivity contribution in [2.45, 2.75) is 51.7 Å². The highest BCUT2D eigenvalue weighted by atomic mass is 32.2. The van der Waals surface area contributed by atoms with Crippen LogP contribution in [0.5, 0.6) is 0 Å². The number of piperidine rings is 1. The molecule has 1 fully saturated rings. The van der Waals surface area contributed by atoms with Crippen LogP contribution in [0, 0.1) is 5.41 Å². The molecule has 2 heterocycles. The zero-order valence-corrected chi connectivity index (χ0v) is 14.0. The average molecular weight is 312 g/mol. The van der Waals surface area contributed by atoms with Crippen molar-refractivity contribution in [3.8, 4) is 0 Å². The van der Waals surface area contributed by atoms with Gasteiger partial charge in [0.15, 0.2) is 5.16 Å². The molecule has 0 spiro atoms. The molecule has 0 bridgehead atoms. The SMILES string of the molecule is CC(C)n1c(SCC(=O)O)nnc1N1CCCC(C)(C)C1. The van der Waals surface area contributed by atoms with Gasteiger partial charge < -0.3 is 10.0 Å². The summed E-state index contributed by atoms with van der Waals surface area (Å²) < 4.78 is 2.05. The van der Waals surface area contributed by atoms with Gasteiger partial charge in [0.1, 0.15) is 0 Å². The molecule has 7 heteroatoms. The minimum Gasteiger partial charge on any atom is -0.481 e. The first-order valence-corrected chi connectivity index (χ1v) is 8.33. The Morgan fingerprint density at radius 1 is 1.43 bits per heavy atom. The molecule has 1 saturated heterocycles. The first kappa shape index (κ1) is 16.1. The summed E-state index contributed by atoms with van der Waals surface area (Å²) >= 11 is 1.23. The highest BCUT2D eigenvalue weighted by molar-refractivity contribution is 7.99. The van der Waals surface area contributed by atoms with Crippen LogP contribution in [-0.2, 0) is 4.79 Å². The van der Waals surface area contributed by atoms with Gasteiger partial charge in [-0.15, -0.1) is 10.2 Å². The summed E-state index contributed by atoms with van der Waals surface area (Å²) in [5, 5.41) is 18.1. The minimum atomic E-state index is -0.834. The van der Waals surface area contributed by atoms with Crippen LogP contribution in [0.25, 0.3) is 0 Å². The second-order valence-corrected chi connectivity index (χ2v) is 7.56. The normalized spacial score (nSPS) is 18.2. The smallest absolute Gasteiger partial charge is 0.313 e. The third kappa shape index (κ3) is 3.90. The number of aromatic nitrogens is 3. The van der Waals surface area contributed by atoms with Crippen molar-refractivity contribution in [2.75, 3.05) is 23.7 Å². The maximum Gasteiger partial charge on any atom is 0.313 e. The Morgan fingerprint density at radius 2 is 2.14 bits per heavy atom. The van der Waals surface area contributed by atoms with Gasteiger partial charge >= 0.3 is 5.97 Å². The van der Waals surface area contributed by atoms with Gasteiger partial charge in [0, 0.05) is 19.1 Å². The van der Waals surface area contributed by atoms with Crippen molar-refractivity contribution in [3.63, 3.8) is 0 Å². The first-order chi connectivity index (χ1) is 9.80. The van der Waals surface area contributed by atoms with Crippen molar-refractivity contribution in [3.05, 3.63) is 0 Å². The molecule has 1 aliphatic rings. The Balaban J connectivity index is 2.24. The van der Waals surface area contributed by atoms with E-state index in [1.807, 2.05) is 0 Å². The van der Waals surface area contributed by atoms with Crippen molar-refractivity contribution in [1.82, 2.24) is 14.8 Å². The number of anilines is 1. The number of carboxylic acid groups (broad SMARTS) is 1. The van der Waals surface area contributed by atoms with Gasteiger partial charge in [-0.2, -0.15) is 0 Å². The fourth-order valence-electron chi connectivity index (χ4n) is 2.76. The Labute approximate surface area is 129 Å². The Hall–Kier alpha value is -1.24. The molecule has 2 rings (SSSR count). The van der Waals surface area contributed by atoms with E-state index in [4.69, 9.17) is 5.11 Å². The van der Waals surface area contributed by atoms with Gasteiger partial charge in [-0.25, -0.2) is 0 Å². The third-order valence-corrected chi connectivity index (χ3v) is 4.60. The van der Waals surface area contributed by atoms with Gasteiger partial charge in [-0.3, -0.25) is 9.36 Å². The van der Waals surface area contributed by atoms with Gasteiger partial charge in [0.05, 0.1) is 5.75 Å². The van der Waals surface area contributed by atoms with E-state index in [1.165, 1.54) is 18.2 Å². The lowest BCUT2D eigenvalue weighted by atomic mass is 9.84. The van der Waals surface area contributed by atoms with Crippen LogP contribution in [0.15, 0.2) is 5.16 Å². The van der Waals surface area contributed by atoms with Gasteiger partial charge in [0.25, 0.3) is 0 Å². The van der Waals surface area contributed by atoms with Gasteiger partial charge in [0.2, 0.25) is 5.95 Å². The summed E-state index contributed by atoms with van der Waals surface area (Å²) in [6.45, 7) is 10.6. The number of carboxylic acids is 1. The molecule has 0 atom stereocenters. The van der Waals surface area contributed by atoms with Crippen LogP contribution >= 0.6 is 11.8 Å². The second-order valence-electron chi connectivity index (χ2n) is 6.62. The molecule has 0 saturated carbocycles. The molecule has 1 aromatic heterocycles. The monoisotopic (exact) mass is 312 g/mol. The first-order valence-electron chi connectivity index (χ1n) is 7.34. The predicted molar refractivity (Wildman–Crippen MR) is 84.0 cm³/mol. The van der Waals surface area contributed by atoms with E-state index in [1.54, 1.807) is 0 Å². The number of nitrogens with zero attached hydrogens (tertiary/aromatic N) is 4. The predicted octanol–water partition coefficient (Wildman–Crippen LogP) is 2.66. The standard InChI is InChI=1S/C14H24N4O2S/c1-10(2)18-12(15-16-13(18)21-8-11(19)20)17-7-5-6-14(3,4)9-17/h10H,5-9H2,1-4H3,(H,19,20). The number of aliphatic carboxylic acids is 1. The third-order valence-electron chi connectivity index (χ3n) is 3.67. The molecular formula is C14H24N4O2S. The lowest BCUT2D eigenvalue weighted by Crippen LogP contribution is -2.41. The van der Waals surface area contributed by atoms with E-state index in [0.717, 1.165) is 25.5 Å². The summed E-state index contributed by atoms with van der Waals surface area (Å²) in [5.41, 5.74) is 0.278. The van der Waals surface area contributed by atoms with Gasteiger partial charge in [-0.1, -0.05) is 25.6 Å². The quantitative estimate of drug-likeness (QED) is 0.843. The topological polar surface area (TPSA) is 71.2 Å². The van der Waals surface area contributed by atoms with Crippen LogP contribution in [0.3, 0.4) is 0 Å². The molecule has 1 aromatic rings. The summed E-state index contributed by atoms with van der Waals surface area (Å²) in [6.07, 6.45) is 2.37. The molecule has 6 nitrogen and oxygen atoms in total. The highest BCUT2D eigenvalue weighted by Crippen LogP contribution is 2.33. The van der Waals surface area contributed by atoms with Crippen LogP contribution in [0.4, 0.5) is 5.95 Å². The number of hydrogen-bond donors (Lipinski definition) is 1. The molecule has 0 aliphatic carbocycles. The highest BCUT2D eigenvalue weighted by Gasteiger charge is 2.30. The molecule has 1 N–H and O–H groups in total. The summed E-state index contributed by atoms with van der Waals surface area (Å²) in [7, 11) is 0. The molecule has 0 unspecified atom stereocenters. The second kappa shape index (κ2) is 6.25. The Kier molecular flexibility index (Phi) is 4.81. The molecular weight excluding hydrogens is 288 g/mol. The van der Waals surface area contributed by atoms with Crippen LogP contribution < -0.4 is 4.90 Å². The van der Waals surface area contributed by atoms with E-state index in [9.17, 15) is 4.79 Å².